The minimum atomic E-state index is -0.0407. The van der Waals surface area contributed by atoms with Crippen LogP contribution in [0, 0.1) is 17.8 Å². The third kappa shape index (κ3) is 4.53. The average molecular weight is 504 g/mol. The molecule has 1 amide bonds. The standard InChI is InChI=1S/C30H37N3O2S/c1-20(2)32-28(19-36-29(32)31-30-16-22-13-23(17-30)15-24(14-22)18-30)33(21(3)34)25-9-11-27(12-10-25)35-26-7-5-4-6-8-26/h4-12,20,22-24,28H,13-19H2,1-3H3. The van der Waals surface area contributed by atoms with E-state index in [0.29, 0.717) is 0 Å². The molecule has 0 N–H and O–H groups in total. The molecular formula is C30H37N3O2S. The first-order valence-corrected chi connectivity index (χ1v) is 14.5. The van der Waals surface area contributed by atoms with Gasteiger partial charge in [-0.3, -0.25) is 14.7 Å². The van der Waals surface area contributed by atoms with Crippen molar-refractivity contribution in [2.75, 3.05) is 10.7 Å². The Morgan fingerprint density at radius 1 is 0.972 bits per heavy atom. The summed E-state index contributed by atoms with van der Waals surface area (Å²) in [5, 5.41) is 1.15. The molecule has 36 heavy (non-hydrogen) atoms. The number of nitrogens with zero attached hydrogens (tertiary/aromatic N) is 3. The maximum Gasteiger partial charge on any atom is 0.225 e. The molecule has 5 fully saturated rings. The van der Waals surface area contributed by atoms with Crippen molar-refractivity contribution in [2.24, 2.45) is 22.7 Å². The van der Waals surface area contributed by atoms with Crippen molar-refractivity contribution in [3.05, 3.63) is 54.6 Å². The van der Waals surface area contributed by atoms with Crippen molar-refractivity contribution >= 4 is 28.5 Å². The first-order valence-electron chi connectivity index (χ1n) is 13.5. The Labute approximate surface area is 219 Å². The van der Waals surface area contributed by atoms with Crippen molar-refractivity contribution in [1.82, 2.24) is 4.90 Å². The molecule has 0 spiro atoms. The highest BCUT2D eigenvalue weighted by Crippen LogP contribution is 2.57. The monoisotopic (exact) mass is 503 g/mol. The molecule has 1 atom stereocenters. The Bertz CT molecular complexity index is 1100. The van der Waals surface area contributed by atoms with Crippen LogP contribution in [0.1, 0.15) is 59.3 Å². The zero-order valence-corrected chi connectivity index (χ0v) is 22.4. The highest BCUT2D eigenvalue weighted by Gasteiger charge is 2.52. The summed E-state index contributed by atoms with van der Waals surface area (Å²) in [6, 6.07) is 17.9. The van der Waals surface area contributed by atoms with Crippen LogP contribution in [0.15, 0.2) is 59.6 Å². The summed E-state index contributed by atoms with van der Waals surface area (Å²) >= 11 is 1.84. The van der Waals surface area contributed by atoms with Gasteiger partial charge in [0.15, 0.2) is 5.17 Å². The fourth-order valence-corrected chi connectivity index (χ4v) is 8.90. The van der Waals surface area contributed by atoms with E-state index < -0.39 is 0 Å². The summed E-state index contributed by atoms with van der Waals surface area (Å²) in [6.07, 6.45) is 8.03. The summed E-state index contributed by atoms with van der Waals surface area (Å²) in [5.41, 5.74) is 1.03. The van der Waals surface area contributed by atoms with Crippen LogP contribution in [0.4, 0.5) is 5.69 Å². The number of carbonyl (C=O) groups excluding carboxylic acids is 1. The molecule has 5 nitrogen and oxygen atoms in total. The fourth-order valence-electron chi connectivity index (χ4n) is 7.55. The number of hydrogen-bond donors (Lipinski definition) is 0. The molecular weight excluding hydrogens is 466 g/mol. The van der Waals surface area contributed by atoms with E-state index in [2.05, 4.69) is 18.7 Å². The number of amides is 1. The molecule has 5 aliphatic rings. The van der Waals surface area contributed by atoms with Gasteiger partial charge in [0.25, 0.3) is 0 Å². The molecule has 4 saturated carbocycles. The van der Waals surface area contributed by atoms with E-state index in [0.717, 1.165) is 45.9 Å². The minimum absolute atomic E-state index is 0.0407. The maximum absolute atomic E-state index is 13.0. The Morgan fingerprint density at radius 2 is 1.56 bits per heavy atom. The summed E-state index contributed by atoms with van der Waals surface area (Å²) < 4.78 is 5.97. The molecule has 1 heterocycles. The number of benzene rings is 2. The van der Waals surface area contributed by atoms with Gasteiger partial charge in [-0.25, -0.2) is 0 Å². The van der Waals surface area contributed by atoms with E-state index >= 15 is 0 Å². The number of carbonyl (C=O) groups is 1. The third-order valence-electron chi connectivity index (χ3n) is 8.53. The van der Waals surface area contributed by atoms with Gasteiger partial charge in [0.1, 0.15) is 17.7 Å². The molecule has 2 aromatic rings. The van der Waals surface area contributed by atoms with E-state index in [1.807, 2.05) is 71.3 Å². The van der Waals surface area contributed by atoms with Crippen LogP contribution >= 0.6 is 11.8 Å². The number of rotatable bonds is 6. The first kappa shape index (κ1) is 23.9. The molecule has 0 radical (unpaired) electrons. The number of anilines is 1. The average Bonchev–Trinajstić information content (AvgIpc) is 3.22. The quantitative estimate of drug-likeness (QED) is 0.428. The normalized spacial score (nSPS) is 31.9. The second-order valence-electron chi connectivity index (χ2n) is 11.6. The summed E-state index contributed by atoms with van der Waals surface area (Å²) in [6.45, 7) is 6.12. The van der Waals surface area contributed by atoms with E-state index in [-0.39, 0.29) is 23.7 Å². The molecule has 4 aliphatic carbocycles. The first-order chi connectivity index (χ1) is 17.4. The molecule has 7 rings (SSSR count). The lowest BCUT2D eigenvalue weighted by atomic mass is 9.53. The van der Waals surface area contributed by atoms with Crippen molar-refractivity contribution < 1.29 is 9.53 Å². The van der Waals surface area contributed by atoms with E-state index in [1.165, 1.54) is 38.5 Å². The zero-order valence-electron chi connectivity index (χ0n) is 21.6. The van der Waals surface area contributed by atoms with Crippen molar-refractivity contribution in [3.63, 3.8) is 0 Å². The van der Waals surface area contributed by atoms with Gasteiger partial charge in [0, 0.05) is 24.4 Å². The second kappa shape index (κ2) is 9.44. The van der Waals surface area contributed by atoms with Gasteiger partial charge < -0.3 is 9.64 Å². The Balaban J connectivity index is 1.25. The Hall–Kier alpha value is -2.47. The van der Waals surface area contributed by atoms with Gasteiger partial charge in [-0.2, -0.15) is 0 Å². The molecule has 1 aliphatic heterocycles. The molecule has 1 unspecified atom stereocenters. The SMILES string of the molecule is CC(=O)N(c1ccc(Oc2ccccc2)cc1)C1CSC(=NC23CC4CC(CC(C4)C2)C3)N1C(C)C. The van der Waals surface area contributed by atoms with E-state index in [4.69, 9.17) is 9.73 Å². The van der Waals surface area contributed by atoms with E-state index in [9.17, 15) is 4.79 Å². The lowest BCUT2D eigenvalue weighted by molar-refractivity contribution is -0.117. The number of hydrogen-bond acceptors (Lipinski definition) is 4. The summed E-state index contributed by atoms with van der Waals surface area (Å²) in [5.74, 6) is 5.09. The Morgan fingerprint density at radius 3 is 2.11 bits per heavy atom. The molecule has 6 heteroatoms. The van der Waals surface area contributed by atoms with Crippen LogP contribution in [0.5, 0.6) is 11.5 Å². The third-order valence-corrected chi connectivity index (χ3v) is 9.55. The van der Waals surface area contributed by atoms with Gasteiger partial charge in [-0.1, -0.05) is 30.0 Å². The zero-order chi connectivity index (χ0) is 24.9. The van der Waals surface area contributed by atoms with Gasteiger partial charge in [-0.05, 0) is 107 Å². The van der Waals surface area contributed by atoms with Gasteiger partial charge in [0.05, 0.1) is 5.54 Å². The van der Waals surface area contributed by atoms with Crippen molar-refractivity contribution in [2.45, 2.75) is 77.0 Å². The van der Waals surface area contributed by atoms with Crippen LogP contribution in [0.3, 0.4) is 0 Å². The van der Waals surface area contributed by atoms with Crippen LogP contribution in [0.2, 0.25) is 0 Å². The number of ether oxygens (including phenoxy) is 1. The number of para-hydroxylation sites is 1. The predicted octanol–water partition coefficient (Wildman–Crippen LogP) is 6.94. The molecule has 0 aromatic heterocycles. The van der Waals surface area contributed by atoms with Gasteiger partial charge in [0.2, 0.25) is 5.91 Å². The van der Waals surface area contributed by atoms with Crippen LogP contribution < -0.4 is 9.64 Å². The molecule has 1 saturated heterocycles. The van der Waals surface area contributed by atoms with Gasteiger partial charge in [-0.15, -0.1) is 0 Å². The molecule has 190 valence electrons. The van der Waals surface area contributed by atoms with Gasteiger partial charge >= 0.3 is 0 Å². The Kier molecular flexibility index (Phi) is 6.27. The maximum atomic E-state index is 13.0. The number of amidine groups is 1. The summed E-state index contributed by atoms with van der Waals surface area (Å²) in [7, 11) is 0. The van der Waals surface area contributed by atoms with E-state index in [1.54, 1.807) is 6.92 Å². The molecule has 2 aromatic carbocycles. The second-order valence-corrected chi connectivity index (χ2v) is 12.6. The lowest BCUT2D eigenvalue weighted by Gasteiger charge is -2.55. The van der Waals surface area contributed by atoms with Crippen LogP contribution in [-0.4, -0.2) is 39.5 Å². The predicted molar refractivity (Wildman–Crippen MR) is 148 cm³/mol. The highest BCUT2D eigenvalue weighted by molar-refractivity contribution is 8.14. The van der Waals surface area contributed by atoms with Crippen molar-refractivity contribution in [3.8, 4) is 11.5 Å². The highest BCUT2D eigenvalue weighted by atomic mass is 32.2. The fraction of sp³-hybridized carbons (Fsp3) is 0.533. The van der Waals surface area contributed by atoms with Crippen LogP contribution in [0.25, 0.3) is 0 Å². The van der Waals surface area contributed by atoms with Crippen molar-refractivity contribution in [1.29, 1.82) is 0 Å². The molecule has 4 bridgehead atoms. The number of aliphatic imine (C=N–C) groups is 1. The van der Waals surface area contributed by atoms with Crippen LogP contribution in [-0.2, 0) is 4.79 Å². The number of thioether (sulfide) groups is 1. The lowest BCUT2D eigenvalue weighted by Crippen LogP contribution is -2.54. The summed E-state index contributed by atoms with van der Waals surface area (Å²) in [4.78, 5) is 22.9. The minimum Gasteiger partial charge on any atom is -0.457 e. The largest absolute Gasteiger partial charge is 0.457 e. The smallest absolute Gasteiger partial charge is 0.225 e. The topological polar surface area (TPSA) is 45.1 Å².